The van der Waals surface area contributed by atoms with Crippen molar-refractivity contribution in [3.63, 3.8) is 0 Å². The Bertz CT molecular complexity index is 467. The van der Waals surface area contributed by atoms with Crippen LogP contribution in [0.25, 0.3) is 0 Å². The summed E-state index contributed by atoms with van der Waals surface area (Å²) in [7, 11) is 1.64. The van der Waals surface area contributed by atoms with Crippen molar-refractivity contribution in [2.24, 2.45) is 5.92 Å². The summed E-state index contributed by atoms with van der Waals surface area (Å²) in [5, 5.41) is 0. The lowest BCUT2D eigenvalue weighted by Crippen LogP contribution is -2.28. The second-order valence-corrected chi connectivity index (χ2v) is 4.95. The van der Waals surface area contributed by atoms with E-state index in [-0.39, 0.29) is 17.6 Å². The minimum atomic E-state index is -0.108. The van der Waals surface area contributed by atoms with E-state index in [1.165, 1.54) is 5.56 Å². The van der Waals surface area contributed by atoms with Crippen LogP contribution < -0.4 is 4.74 Å². The average molecular weight is 261 g/mol. The SMILES string of the molecule is COc1ccc(CCN2C[C@H](C(C)=O)CC2=O)cc1. The first-order chi connectivity index (χ1) is 9.10. The van der Waals surface area contributed by atoms with Gasteiger partial charge < -0.3 is 9.64 Å². The quantitative estimate of drug-likeness (QED) is 0.810. The van der Waals surface area contributed by atoms with E-state index in [1.54, 1.807) is 18.9 Å². The third-order valence-corrected chi connectivity index (χ3v) is 3.62. The Morgan fingerprint density at radius 2 is 2.05 bits per heavy atom. The van der Waals surface area contributed by atoms with Gasteiger partial charge in [0.25, 0.3) is 0 Å². The predicted molar refractivity (Wildman–Crippen MR) is 72.1 cm³/mol. The highest BCUT2D eigenvalue weighted by atomic mass is 16.5. The summed E-state index contributed by atoms with van der Waals surface area (Å²) in [5.41, 5.74) is 1.17. The molecule has 1 aromatic carbocycles. The minimum absolute atomic E-state index is 0.0914. The molecule has 0 radical (unpaired) electrons. The van der Waals surface area contributed by atoms with Gasteiger partial charge in [0.05, 0.1) is 7.11 Å². The number of rotatable bonds is 5. The van der Waals surface area contributed by atoms with Gasteiger partial charge in [-0.15, -0.1) is 0 Å². The van der Waals surface area contributed by atoms with E-state index in [1.807, 2.05) is 24.3 Å². The van der Waals surface area contributed by atoms with Crippen LogP contribution in [0.5, 0.6) is 5.75 Å². The van der Waals surface area contributed by atoms with Gasteiger partial charge >= 0.3 is 0 Å². The average Bonchev–Trinajstić information content (AvgIpc) is 2.79. The number of likely N-dealkylation sites (tertiary alicyclic amines) is 1. The van der Waals surface area contributed by atoms with E-state index in [2.05, 4.69) is 0 Å². The number of amides is 1. The molecule has 0 bridgehead atoms. The van der Waals surface area contributed by atoms with Gasteiger partial charge in [0.15, 0.2) is 0 Å². The largest absolute Gasteiger partial charge is 0.497 e. The number of carbonyl (C=O) groups is 2. The molecule has 0 N–H and O–H groups in total. The fourth-order valence-corrected chi connectivity index (χ4v) is 2.32. The predicted octanol–water partition coefficient (Wildman–Crippen LogP) is 1.68. The second-order valence-electron chi connectivity index (χ2n) is 4.95. The number of hydrogen-bond acceptors (Lipinski definition) is 3. The molecule has 102 valence electrons. The van der Waals surface area contributed by atoms with Crippen molar-refractivity contribution in [3.05, 3.63) is 29.8 Å². The summed E-state index contributed by atoms with van der Waals surface area (Å²) in [6.45, 7) is 2.81. The lowest BCUT2D eigenvalue weighted by atomic mass is 10.1. The Kier molecular flexibility index (Phi) is 4.20. The molecular weight excluding hydrogens is 242 g/mol. The van der Waals surface area contributed by atoms with Crippen LogP contribution in [0.1, 0.15) is 18.9 Å². The third kappa shape index (κ3) is 3.34. The molecule has 1 aliphatic heterocycles. The van der Waals surface area contributed by atoms with Gasteiger partial charge in [0.2, 0.25) is 5.91 Å². The Labute approximate surface area is 113 Å². The molecule has 1 fully saturated rings. The van der Waals surface area contributed by atoms with Crippen LogP contribution in [-0.4, -0.2) is 36.8 Å². The van der Waals surface area contributed by atoms with Gasteiger partial charge in [-0.3, -0.25) is 9.59 Å². The molecule has 1 aromatic rings. The maximum atomic E-state index is 11.8. The number of hydrogen-bond donors (Lipinski definition) is 0. The highest BCUT2D eigenvalue weighted by Gasteiger charge is 2.31. The zero-order valence-corrected chi connectivity index (χ0v) is 11.4. The minimum Gasteiger partial charge on any atom is -0.497 e. The van der Waals surface area contributed by atoms with Crippen LogP contribution in [0, 0.1) is 5.92 Å². The summed E-state index contributed by atoms with van der Waals surface area (Å²) < 4.78 is 5.10. The smallest absolute Gasteiger partial charge is 0.223 e. The number of nitrogens with zero attached hydrogens (tertiary/aromatic N) is 1. The standard InChI is InChI=1S/C15H19NO3/c1-11(17)13-9-15(18)16(10-13)8-7-12-3-5-14(19-2)6-4-12/h3-6,13H,7-10H2,1-2H3/t13-/m1/s1. The van der Waals surface area contributed by atoms with E-state index in [0.717, 1.165) is 12.2 Å². The van der Waals surface area contributed by atoms with Crippen LogP contribution in [0.15, 0.2) is 24.3 Å². The molecule has 1 atom stereocenters. The van der Waals surface area contributed by atoms with Gasteiger partial charge in [0.1, 0.15) is 11.5 Å². The molecule has 4 heteroatoms. The van der Waals surface area contributed by atoms with Crippen molar-refractivity contribution in [2.45, 2.75) is 19.8 Å². The zero-order chi connectivity index (χ0) is 13.8. The molecule has 19 heavy (non-hydrogen) atoms. The van der Waals surface area contributed by atoms with Gasteiger partial charge in [-0.05, 0) is 31.0 Å². The normalized spacial score (nSPS) is 18.7. The molecule has 1 amide bonds. The van der Waals surface area contributed by atoms with Crippen LogP contribution in [-0.2, 0) is 16.0 Å². The Morgan fingerprint density at radius 3 is 2.58 bits per heavy atom. The Balaban J connectivity index is 1.88. The number of ketones is 1. The molecule has 0 unspecified atom stereocenters. The first-order valence-electron chi connectivity index (χ1n) is 6.51. The molecule has 1 saturated heterocycles. The van der Waals surface area contributed by atoms with Gasteiger partial charge in [-0.2, -0.15) is 0 Å². The highest BCUT2D eigenvalue weighted by molar-refractivity contribution is 5.89. The van der Waals surface area contributed by atoms with Crippen molar-refractivity contribution in [3.8, 4) is 5.75 Å². The first-order valence-corrected chi connectivity index (χ1v) is 6.51. The van der Waals surface area contributed by atoms with E-state index >= 15 is 0 Å². The molecule has 0 aliphatic carbocycles. The summed E-state index contributed by atoms with van der Waals surface area (Å²) in [4.78, 5) is 24.8. The summed E-state index contributed by atoms with van der Waals surface area (Å²) in [6.07, 6.45) is 1.18. The van der Waals surface area contributed by atoms with E-state index in [4.69, 9.17) is 4.74 Å². The van der Waals surface area contributed by atoms with Crippen LogP contribution in [0.3, 0.4) is 0 Å². The molecular formula is C15H19NO3. The highest BCUT2D eigenvalue weighted by Crippen LogP contribution is 2.19. The molecule has 1 aliphatic rings. The van der Waals surface area contributed by atoms with Crippen molar-refractivity contribution in [2.75, 3.05) is 20.2 Å². The van der Waals surface area contributed by atoms with Crippen molar-refractivity contribution < 1.29 is 14.3 Å². The van der Waals surface area contributed by atoms with Crippen molar-refractivity contribution in [1.82, 2.24) is 4.90 Å². The number of methoxy groups -OCH3 is 1. The fourth-order valence-electron chi connectivity index (χ4n) is 2.32. The third-order valence-electron chi connectivity index (χ3n) is 3.62. The second kappa shape index (κ2) is 5.87. The molecule has 1 heterocycles. The van der Waals surface area contributed by atoms with E-state index in [9.17, 15) is 9.59 Å². The van der Waals surface area contributed by atoms with Crippen molar-refractivity contribution >= 4 is 11.7 Å². The maximum Gasteiger partial charge on any atom is 0.223 e. The maximum absolute atomic E-state index is 11.8. The number of carbonyl (C=O) groups excluding carboxylic acids is 2. The Morgan fingerprint density at radius 1 is 1.37 bits per heavy atom. The Hall–Kier alpha value is -1.84. The first kappa shape index (κ1) is 13.6. The zero-order valence-electron chi connectivity index (χ0n) is 11.4. The summed E-state index contributed by atoms with van der Waals surface area (Å²) >= 11 is 0. The van der Waals surface area contributed by atoms with Crippen LogP contribution in [0.2, 0.25) is 0 Å². The van der Waals surface area contributed by atoms with Crippen LogP contribution >= 0.6 is 0 Å². The topological polar surface area (TPSA) is 46.6 Å². The number of ether oxygens (including phenoxy) is 1. The molecule has 0 aromatic heterocycles. The lowest BCUT2D eigenvalue weighted by Gasteiger charge is -2.16. The number of Topliss-reactive ketones (excluding diaryl/α,β-unsaturated/α-hetero) is 1. The monoisotopic (exact) mass is 261 g/mol. The van der Waals surface area contributed by atoms with E-state index in [0.29, 0.717) is 19.5 Å². The number of benzene rings is 1. The van der Waals surface area contributed by atoms with Gasteiger partial charge in [-0.25, -0.2) is 0 Å². The molecule has 2 rings (SSSR count). The van der Waals surface area contributed by atoms with Crippen LogP contribution in [0.4, 0.5) is 0 Å². The molecule has 4 nitrogen and oxygen atoms in total. The van der Waals surface area contributed by atoms with Gasteiger partial charge in [-0.1, -0.05) is 12.1 Å². The molecule has 0 spiro atoms. The summed E-state index contributed by atoms with van der Waals surface area (Å²) in [5.74, 6) is 0.926. The lowest BCUT2D eigenvalue weighted by molar-refractivity contribution is -0.128. The van der Waals surface area contributed by atoms with Crippen molar-refractivity contribution in [1.29, 1.82) is 0 Å². The molecule has 0 saturated carbocycles. The van der Waals surface area contributed by atoms with Gasteiger partial charge in [0, 0.05) is 25.4 Å². The van der Waals surface area contributed by atoms with E-state index < -0.39 is 0 Å². The summed E-state index contributed by atoms with van der Waals surface area (Å²) in [6, 6.07) is 7.84. The fraction of sp³-hybridized carbons (Fsp3) is 0.467.